The predicted molar refractivity (Wildman–Crippen MR) is 91.5 cm³/mol. The Kier molecular flexibility index (Phi) is 4.06. The van der Waals surface area contributed by atoms with Gasteiger partial charge in [0.15, 0.2) is 0 Å². The van der Waals surface area contributed by atoms with Gasteiger partial charge in [-0.05, 0) is 35.9 Å². The predicted octanol–water partition coefficient (Wildman–Crippen LogP) is 3.91. The fourth-order valence-corrected chi connectivity index (χ4v) is 3.11. The third-order valence-electron chi connectivity index (χ3n) is 3.95. The van der Waals surface area contributed by atoms with E-state index in [1.165, 1.54) is 16.9 Å². The first-order chi connectivity index (χ1) is 10.2. The van der Waals surface area contributed by atoms with Crippen LogP contribution in [-0.4, -0.2) is 27.2 Å². The van der Waals surface area contributed by atoms with E-state index in [0.717, 1.165) is 29.9 Å². The quantitative estimate of drug-likeness (QED) is 0.837. The summed E-state index contributed by atoms with van der Waals surface area (Å²) >= 11 is 3.65. The lowest BCUT2D eigenvalue weighted by atomic mass is 10.1. The Hall–Kier alpha value is -1.68. The van der Waals surface area contributed by atoms with Crippen molar-refractivity contribution < 1.29 is 4.74 Å². The molecule has 3 nitrogen and oxygen atoms in total. The number of likely N-dealkylation sites (N-methyl/N-ethyl adjacent to an activating group) is 1. The van der Waals surface area contributed by atoms with Gasteiger partial charge >= 0.3 is 0 Å². The van der Waals surface area contributed by atoms with Crippen molar-refractivity contribution >= 4 is 27.3 Å². The van der Waals surface area contributed by atoms with E-state index in [2.05, 4.69) is 69.2 Å². The lowest BCUT2D eigenvalue weighted by Crippen LogP contribution is -2.38. The van der Waals surface area contributed by atoms with Crippen molar-refractivity contribution in [2.45, 2.75) is 6.54 Å². The first-order valence-corrected chi connectivity index (χ1v) is 7.86. The molecule has 110 valence electrons. The molecule has 1 aliphatic rings. The maximum Gasteiger partial charge on any atom is 0.119 e. The van der Waals surface area contributed by atoms with Gasteiger partial charge in [-0.25, -0.2) is 0 Å². The number of halogens is 1. The zero-order valence-electron chi connectivity index (χ0n) is 12.3. The Morgan fingerprint density at radius 1 is 1.10 bits per heavy atom. The number of methoxy groups -OCH3 is 1. The van der Waals surface area contributed by atoms with Gasteiger partial charge < -0.3 is 14.5 Å². The van der Waals surface area contributed by atoms with Crippen LogP contribution >= 0.6 is 15.9 Å². The van der Waals surface area contributed by atoms with Crippen LogP contribution in [0.25, 0.3) is 0 Å². The number of anilines is 2. The van der Waals surface area contributed by atoms with Crippen LogP contribution in [0.5, 0.6) is 5.75 Å². The van der Waals surface area contributed by atoms with Crippen LogP contribution < -0.4 is 14.5 Å². The van der Waals surface area contributed by atoms with E-state index in [1.54, 1.807) is 7.11 Å². The van der Waals surface area contributed by atoms with E-state index < -0.39 is 0 Å². The molecular weight excluding hydrogens is 328 g/mol. The molecule has 0 N–H and O–H groups in total. The highest BCUT2D eigenvalue weighted by molar-refractivity contribution is 9.10. The summed E-state index contributed by atoms with van der Waals surface area (Å²) in [5, 5.41) is 0. The second-order valence-electron chi connectivity index (χ2n) is 5.29. The fourth-order valence-electron chi connectivity index (χ4n) is 2.74. The Labute approximate surface area is 134 Å². The molecule has 0 amide bonds. The number of hydrogen-bond donors (Lipinski definition) is 0. The first kappa shape index (κ1) is 14.3. The lowest BCUT2D eigenvalue weighted by molar-refractivity contribution is 0.414. The molecule has 0 aromatic heterocycles. The smallest absolute Gasteiger partial charge is 0.119 e. The Balaban J connectivity index is 1.91. The Bertz CT molecular complexity index is 644. The average molecular weight is 347 g/mol. The van der Waals surface area contributed by atoms with E-state index in [4.69, 9.17) is 4.74 Å². The van der Waals surface area contributed by atoms with Crippen molar-refractivity contribution in [3.63, 3.8) is 0 Å². The molecule has 4 heteroatoms. The number of benzene rings is 2. The third kappa shape index (κ3) is 2.86. The Morgan fingerprint density at radius 3 is 2.62 bits per heavy atom. The van der Waals surface area contributed by atoms with Crippen LogP contribution in [0.3, 0.4) is 0 Å². The molecule has 0 fully saturated rings. The number of hydrogen-bond acceptors (Lipinski definition) is 3. The minimum Gasteiger partial charge on any atom is -0.497 e. The highest BCUT2D eigenvalue weighted by Crippen LogP contribution is 2.34. The molecular formula is C17H19BrN2O. The van der Waals surface area contributed by atoms with Gasteiger partial charge in [0.25, 0.3) is 0 Å². The van der Waals surface area contributed by atoms with Crippen molar-refractivity contribution in [3.05, 3.63) is 52.5 Å². The molecule has 1 heterocycles. The van der Waals surface area contributed by atoms with Gasteiger partial charge in [-0.1, -0.05) is 28.1 Å². The molecule has 21 heavy (non-hydrogen) atoms. The standard InChI is InChI=1S/C17H19BrN2O/c1-19-9-10-20(17-6-4-3-5-16(17)19)12-13-11-14(21-2)7-8-15(13)18/h3-8,11H,9-10,12H2,1-2H3. The largest absolute Gasteiger partial charge is 0.497 e. The summed E-state index contributed by atoms with van der Waals surface area (Å²) in [5.74, 6) is 0.899. The fraction of sp³-hybridized carbons (Fsp3) is 0.294. The third-order valence-corrected chi connectivity index (χ3v) is 4.73. The summed E-state index contributed by atoms with van der Waals surface area (Å²) in [7, 11) is 3.86. The SMILES string of the molecule is COc1ccc(Br)c(CN2CCN(C)c3ccccc32)c1. The van der Waals surface area contributed by atoms with Crippen molar-refractivity contribution in [2.75, 3.05) is 37.0 Å². The summed E-state index contributed by atoms with van der Waals surface area (Å²) < 4.78 is 6.46. The molecule has 3 rings (SSSR count). The second kappa shape index (κ2) is 5.98. The molecule has 0 bridgehead atoms. The highest BCUT2D eigenvalue weighted by Gasteiger charge is 2.20. The van der Waals surface area contributed by atoms with Crippen LogP contribution in [0, 0.1) is 0 Å². The zero-order valence-corrected chi connectivity index (χ0v) is 13.9. The minimum atomic E-state index is 0.878. The first-order valence-electron chi connectivity index (χ1n) is 7.06. The summed E-state index contributed by atoms with van der Waals surface area (Å²) in [4.78, 5) is 4.74. The van der Waals surface area contributed by atoms with E-state index in [-0.39, 0.29) is 0 Å². The summed E-state index contributed by atoms with van der Waals surface area (Å²) in [5.41, 5.74) is 3.83. The van der Waals surface area contributed by atoms with Gasteiger partial charge in [-0.15, -0.1) is 0 Å². The van der Waals surface area contributed by atoms with Gasteiger partial charge in [0.05, 0.1) is 18.5 Å². The molecule has 0 aliphatic carbocycles. The zero-order chi connectivity index (χ0) is 14.8. The van der Waals surface area contributed by atoms with Gasteiger partial charge in [0.1, 0.15) is 5.75 Å². The van der Waals surface area contributed by atoms with E-state index >= 15 is 0 Å². The molecule has 0 atom stereocenters. The minimum absolute atomic E-state index is 0.878. The van der Waals surface area contributed by atoms with Gasteiger partial charge in [-0.2, -0.15) is 0 Å². The Morgan fingerprint density at radius 2 is 1.86 bits per heavy atom. The van der Waals surface area contributed by atoms with Gasteiger partial charge in [0, 0.05) is 31.2 Å². The normalized spacial score (nSPS) is 14.0. The van der Waals surface area contributed by atoms with Crippen LogP contribution in [0.1, 0.15) is 5.56 Å². The molecule has 2 aromatic rings. The van der Waals surface area contributed by atoms with E-state index in [9.17, 15) is 0 Å². The molecule has 2 aromatic carbocycles. The van der Waals surface area contributed by atoms with Crippen LogP contribution in [0.15, 0.2) is 46.9 Å². The number of rotatable bonds is 3. The number of nitrogens with zero attached hydrogens (tertiary/aromatic N) is 2. The van der Waals surface area contributed by atoms with Crippen molar-refractivity contribution in [3.8, 4) is 5.75 Å². The van der Waals surface area contributed by atoms with Crippen LogP contribution in [0.2, 0.25) is 0 Å². The molecule has 0 saturated carbocycles. The van der Waals surface area contributed by atoms with Crippen molar-refractivity contribution in [2.24, 2.45) is 0 Å². The van der Waals surface area contributed by atoms with Gasteiger partial charge in [-0.3, -0.25) is 0 Å². The number of fused-ring (bicyclic) bond motifs is 1. The summed E-state index contributed by atoms with van der Waals surface area (Å²) in [6, 6.07) is 14.7. The van der Waals surface area contributed by atoms with E-state index in [0.29, 0.717) is 0 Å². The van der Waals surface area contributed by atoms with Crippen molar-refractivity contribution in [1.29, 1.82) is 0 Å². The molecule has 0 saturated heterocycles. The maximum atomic E-state index is 5.34. The van der Waals surface area contributed by atoms with E-state index in [1.807, 2.05) is 6.07 Å². The second-order valence-corrected chi connectivity index (χ2v) is 6.14. The average Bonchev–Trinajstić information content (AvgIpc) is 2.52. The highest BCUT2D eigenvalue weighted by atomic mass is 79.9. The molecule has 1 aliphatic heterocycles. The lowest BCUT2D eigenvalue weighted by Gasteiger charge is -2.37. The van der Waals surface area contributed by atoms with Crippen LogP contribution in [-0.2, 0) is 6.54 Å². The van der Waals surface area contributed by atoms with Crippen molar-refractivity contribution in [1.82, 2.24) is 0 Å². The van der Waals surface area contributed by atoms with Gasteiger partial charge in [0.2, 0.25) is 0 Å². The number of ether oxygens (including phenoxy) is 1. The monoisotopic (exact) mass is 346 g/mol. The maximum absolute atomic E-state index is 5.34. The molecule has 0 radical (unpaired) electrons. The summed E-state index contributed by atoms with van der Waals surface area (Å²) in [6.45, 7) is 2.94. The van der Waals surface area contributed by atoms with Crippen LogP contribution in [0.4, 0.5) is 11.4 Å². The molecule has 0 unspecified atom stereocenters. The topological polar surface area (TPSA) is 15.7 Å². The number of para-hydroxylation sites is 2. The molecule has 0 spiro atoms. The summed E-state index contributed by atoms with van der Waals surface area (Å²) in [6.07, 6.45) is 0.